The van der Waals surface area contributed by atoms with E-state index in [-0.39, 0.29) is 11.6 Å². The van der Waals surface area contributed by atoms with Gasteiger partial charge in [-0.2, -0.15) is 0 Å². The summed E-state index contributed by atoms with van der Waals surface area (Å²) in [5.74, 6) is -0.124. The zero-order valence-electron chi connectivity index (χ0n) is 21.5. The molecule has 0 radical (unpaired) electrons. The van der Waals surface area contributed by atoms with Gasteiger partial charge in [0.05, 0.1) is 6.61 Å². The number of hydrogen-bond donors (Lipinski definition) is 1. The van der Waals surface area contributed by atoms with E-state index in [1.54, 1.807) is 12.1 Å². The maximum absolute atomic E-state index is 13.3. The molecule has 2 fully saturated rings. The summed E-state index contributed by atoms with van der Waals surface area (Å²) < 4.78 is 12.1. The number of rotatable bonds is 9. The lowest BCUT2D eigenvalue weighted by molar-refractivity contribution is -0.132. The number of allylic oxidation sites excluding steroid dienone is 1. The standard InChI is InChI=1S/C30H34N2O5/c1-4-9-23-16-22(18-26(36-5-2)27(23)37-19-21-14-12-20(3)13-15-21)17-25-28(33)31-30(35)32(29(25)34)24-10-7-6-8-11-24/h4,12-18,24H,1,5-11,19H2,2-3H3,(H,31,33,35). The number of carbonyl (C=O) groups is 3. The van der Waals surface area contributed by atoms with E-state index in [0.29, 0.717) is 36.7 Å². The molecule has 37 heavy (non-hydrogen) atoms. The zero-order chi connectivity index (χ0) is 26.4. The summed E-state index contributed by atoms with van der Waals surface area (Å²) in [4.78, 5) is 39.8. The van der Waals surface area contributed by atoms with Crippen molar-refractivity contribution in [1.29, 1.82) is 0 Å². The van der Waals surface area contributed by atoms with Crippen molar-refractivity contribution in [3.8, 4) is 11.5 Å². The van der Waals surface area contributed by atoms with Crippen molar-refractivity contribution >= 4 is 23.9 Å². The van der Waals surface area contributed by atoms with Crippen LogP contribution in [0.5, 0.6) is 11.5 Å². The quantitative estimate of drug-likeness (QED) is 0.278. The highest BCUT2D eigenvalue weighted by atomic mass is 16.5. The topological polar surface area (TPSA) is 84.9 Å². The summed E-state index contributed by atoms with van der Waals surface area (Å²) in [5.41, 5.74) is 3.57. The fourth-order valence-corrected chi connectivity index (χ4v) is 4.85. The van der Waals surface area contributed by atoms with Crippen LogP contribution in [0.25, 0.3) is 6.08 Å². The largest absolute Gasteiger partial charge is 0.490 e. The number of hydrogen-bond acceptors (Lipinski definition) is 5. The van der Waals surface area contributed by atoms with Crippen LogP contribution in [0, 0.1) is 6.92 Å². The van der Waals surface area contributed by atoms with E-state index < -0.39 is 17.8 Å². The van der Waals surface area contributed by atoms with Crippen LogP contribution in [0.1, 0.15) is 61.3 Å². The third-order valence-corrected chi connectivity index (χ3v) is 6.71. The lowest BCUT2D eigenvalue weighted by atomic mass is 9.93. The molecule has 0 unspecified atom stereocenters. The maximum Gasteiger partial charge on any atom is 0.331 e. The monoisotopic (exact) mass is 502 g/mol. The minimum absolute atomic E-state index is 0.0644. The SMILES string of the molecule is C=CCc1cc(C=C2C(=O)NC(=O)N(C3CCCCC3)C2=O)cc(OCC)c1OCc1ccc(C)cc1. The van der Waals surface area contributed by atoms with Crippen LogP contribution >= 0.6 is 0 Å². The number of amides is 4. The average Bonchev–Trinajstić information content (AvgIpc) is 2.88. The van der Waals surface area contributed by atoms with Crippen LogP contribution in [0.3, 0.4) is 0 Å². The lowest BCUT2D eigenvalue weighted by Crippen LogP contribution is -2.58. The smallest absolute Gasteiger partial charge is 0.331 e. The Morgan fingerprint density at radius 3 is 2.46 bits per heavy atom. The first-order valence-corrected chi connectivity index (χ1v) is 12.9. The predicted octanol–water partition coefficient (Wildman–Crippen LogP) is 5.50. The Bertz CT molecular complexity index is 1210. The van der Waals surface area contributed by atoms with Gasteiger partial charge in [-0.25, -0.2) is 4.79 Å². The van der Waals surface area contributed by atoms with Gasteiger partial charge < -0.3 is 9.47 Å². The molecule has 7 nitrogen and oxygen atoms in total. The number of imide groups is 2. The van der Waals surface area contributed by atoms with E-state index >= 15 is 0 Å². The number of urea groups is 1. The number of ether oxygens (including phenoxy) is 2. The Hall–Kier alpha value is -3.87. The molecule has 4 rings (SSSR count). The Morgan fingerprint density at radius 1 is 1.05 bits per heavy atom. The third kappa shape index (κ3) is 6.10. The predicted molar refractivity (Wildman–Crippen MR) is 142 cm³/mol. The highest BCUT2D eigenvalue weighted by Gasteiger charge is 2.40. The molecule has 0 atom stereocenters. The van der Waals surface area contributed by atoms with Gasteiger partial charge in [0.15, 0.2) is 11.5 Å². The molecule has 1 saturated carbocycles. The Labute approximate surface area is 218 Å². The van der Waals surface area contributed by atoms with Crippen molar-refractivity contribution in [2.45, 2.75) is 65.0 Å². The van der Waals surface area contributed by atoms with Crippen LogP contribution < -0.4 is 14.8 Å². The van der Waals surface area contributed by atoms with Gasteiger partial charge in [-0.1, -0.05) is 55.2 Å². The van der Waals surface area contributed by atoms with Crippen LogP contribution in [-0.4, -0.2) is 35.4 Å². The van der Waals surface area contributed by atoms with Gasteiger partial charge >= 0.3 is 6.03 Å². The molecule has 4 amide bonds. The summed E-state index contributed by atoms with van der Waals surface area (Å²) in [5, 5.41) is 2.35. The van der Waals surface area contributed by atoms with Crippen molar-refractivity contribution < 1.29 is 23.9 Å². The van der Waals surface area contributed by atoms with Gasteiger partial charge in [0.25, 0.3) is 11.8 Å². The minimum atomic E-state index is -0.690. The van der Waals surface area contributed by atoms with E-state index in [4.69, 9.17) is 9.47 Å². The highest BCUT2D eigenvalue weighted by molar-refractivity contribution is 6.31. The number of aryl methyl sites for hydroxylation is 1. The molecule has 1 saturated heterocycles. The molecule has 0 aromatic heterocycles. The van der Waals surface area contributed by atoms with Crippen LogP contribution in [0.15, 0.2) is 54.6 Å². The number of barbiturate groups is 1. The molecule has 1 aliphatic heterocycles. The molecule has 2 aromatic carbocycles. The van der Waals surface area contributed by atoms with Gasteiger partial charge in [-0.3, -0.25) is 19.8 Å². The second kappa shape index (κ2) is 11.9. The fourth-order valence-electron chi connectivity index (χ4n) is 4.85. The summed E-state index contributed by atoms with van der Waals surface area (Å²) in [6, 6.07) is 10.9. The van der Waals surface area contributed by atoms with Crippen molar-refractivity contribution in [1.82, 2.24) is 10.2 Å². The summed E-state index contributed by atoms with van der Waals surface area (Å²) in [7, 11) is 0. The zero-order valence-corrected chi connectivity index (χ0v) is 21.5. The van der Waals surface area contributed by atoms with Crippen LogP contribution in [0.2, 0.25) is 0 Å². The fraction of sp³-hybridized carbons (Fsp3) is 0.367. The van der Waals surface area contributed by atoms with Crippen molar-refractivity contribution in [3.63, 3.8) is 0 Å². The molecule has 1 heterocycles. The second-order valence-corrected chi connectivity index (χ2v) is 9.49. The van der Waals surface area contributed by atoms with Crippen molar-refractivity contribution in [3.05, 3.63) is 76.9 Å². The van der Waals surface area contributed by atoms with Crippen LogP contribution in [-0.2, 0) is 22.6 Å². The van der Waals surface area contributed by atoms with Gasteiger partial charge in [0, 0.05) is 11.6 Å². The maximum atomic E-state index is 13.3. The van der Waals surface area contributed by atoms with Crippen molar-refractivity contribution in [2.24, 2.45) is 0 Å². The molecular weight excluding hydrogens is 468 g/mol. The van der Waals surface area contributed by atoms with Crippen molar-refractivity contribution in [2.75, 3.05) is 6.61 Å². The Kier molecular flexibility index (Phi) is 8.43. The summed E-state index contributed by atoms with van der Waals surface area (Å²) >= 11 is 0. The van der Waals surface area contributed by atoms with Gasteiger partial charge in [-0.05, 0) is 62.4 Å². The van der Waals surface area contributed by atoms with E-state index in [2.05, 4.69) is 11.9 Å². The number of nitrogens with zero attached hydrogens (tertiary/aromatic N) is 1. The number of carbonyl (C=O) groups excluding carboxylic acids is 3. The van der Waals surface area contributed by atoms with E-state index in [0.717, 1.165) is 43.2 Å². The Balaban J connectivity index is 1.67. The molecule has 7 heteroatoms. The summed E-state index contributed by atoms with van der Waals surface area (Å²) in [6.45, 7) is 8.57. The molecule has 2 aliphatic rings. The second-order valence-electron chi connectivity index (χ2n) is 9.49. The number of nitrogens with one attached hydrogen (secondary N) is 1. The first-order valence-electron chi connectivity index (χ1n) is 12.9. The highest BCUT2D eigenvalue weighted by Crippen LogP contribution is 2.36. The normalized spacial score (nSPS) is 17.6. The first kappa shape index (κ1) is 26.2. The molecule has 0 spiro atoms. The summed E-state index contributed by atoms with van der Waals surface area (Å²) in [6.07, 6.45) is 8.32. The first-order chi connectivity index (χ1) is 17.9. The lowest BCUT2D eigenvalue weighted by Gasteiger charge is -2.35. The number of benzene rings is 2. The molecule has 194 valence electrons. The Morgan fingerprint density at radius 2 is 1.78 bits per heavy atom. The molecule has 1 aliphatic carbocycles. The molecule has 0 bridgehead atoms. The molecule has 2 aromatic rings. The third-order valence-electron chi connectivity index (χ3n) is 6.71. The van der Waals surface area contributed by atoms with Gasteiger partial charge in [0.2, 0.25) is 0 Å². The molecule has 1 N–H and O–H groups in total. The minimum Gasteiger partial charge on any atom is -0.490 e. The van der Waals surface area contributed by atoms with E-state index in [1.165, 1.54) is 16.5 Å². The van der Waals surface area contributed by atoms with Gasteiger partial charge in [-0.15, -0.1) is 6.58 Å². The molecular formula is C30H34N2O5. The van der Waals surface area contributed by atoms with Crippen LogP contribution in [0.4, 0.5) is 4.79 Å². The average molecular weight is 503 g/mol. The van der Waals surface area contributed by atoms with E-state index in [1.807, 2.05) is 44.2 Å². The van der Waals surface area contributed by atoms with E-state index in [9.17, 15) is 14.4 Å². The van der Waals surface area contributed by atoms with Gasteiger partial charge in [0.1, 0.15) is 12.2 Å².